The molecular weight excluding hydrogens is 605 g/mol. The molecule has 0 atom stereocenters. The van der Waals surface area contributed by atoms with Crippen LogP contribution in [0.4, 0.5) is 5.69 Å². The first-order valence-electron chi connectivity index (χ1n) is 14.2. The normalized spacial score (nSPS) is 13.8. The lowest BCUT2D eigenvalue weighted by Gasteiger charge is -2.30. The van der Waals surface area contributed by atoms with E-state index in [-0.39, 0.29) is 17.7 Å². The molecule has 10 nitrogen and oxygen atoms in total. The Kier molecular flexibility index (Phi) is 10.4. The third-order valence-corrected chi connectivity index (χ3v) is 8.08. The van der Waals surface area contributed by atoms with Crippen molar-refractivity contribution in [2.45, 2.75) is 25.8 Å². The van der Waals surface area contributed by atoms with Crippen molar-refractivity contribution in [3.8, 4) is 22.9 Å². The highest BCUT2D eigenvalue weighted by Crippen LogP contribution is 2.30. The summed E-state index contributed by atoms with van der Waals surface area (Å²) < 4.78 is 16.1. The molecule has 2 heterocycles. The Morgan fingerprint density at radius 3 is 2.52 bits per heavy atom. The average molecular weight is 639 g/mol. The van der Waals surface area contributed by atoms with E-state index in [4.69, 9.17) is 37.2 Å². The van der Waals surface area contributed by atoms with Crippen LogP contribution in [0.25, 0.3) is 11.4 Å². The first-order valence-corrected chi connectivity index (χ1v) is 15.0. The van der Waals surface area contributed by atoms with Crippen LogP contribution in [-0.4, -0.2) is 60.7 Å². The number of para-hydroxylation sites is 1. The number of nitrogens with one attached hydrogen (secondary N) is 2. The summed E-state index contributed by atoms with van der Waals surface area (Å²) in [5.41, 5.74) is 2.55. The lowest BCUT2D eigenvalue weighted by molar-refractivity contribution is -0.121. The van der Waals surface area contributed by atoms with Gasteiger partial charge in [0.05, 0.1) is 37.0 Å². The number of rotatable bonds is 11. The molecule has 2 N–H and O–H groups in total. The molecule has 4 aromatic rings. The van der Waals surface area contributed by atoms with E-state index in [0.717, 1.165) is 5.56 Å². The van der Waals surface area contributed by atoms with E-state index in [9.17, 15) is 9.59 Å². The van der Waals surface area contributed by atoms with Gasteiger partial charge in [0.15, 0.2) is 11.5 Å². The summed E-state index contributed by atoms with van der Waals surface area (Å²) in [7, 11) is 3.18. The Hall–Kier alpha value is -4.12. The maximum atomic E-state index is 13.2. The summed E-state index contributed by atoms with van der Waals surface area (Å²) in [5, 5.41) is 11.0. The zero-order valence-corrected chi connectivity index (χ0v) is 26.0. The summed E-state index contributed by atoms with van der Waals surface area (Å²) in [4.78, 5) is 32.9. The van der Waals surface area contributed by atoms with Crippen molar-refractivity contribution in [1.29, 1.82) is 0 Å². The van der Waals surface area contributed by atoms with E-state index in [1.165, 1.54) is 0 Å². The summed E-state index contributed by atoms with van der Waals surface area (Å²) in [6.07, 6.45) is 1.93. The van der Waals surface area contributed by atoms with Gasteiger partial charge in [0.1, 0.15) is 0 Å². The molecule has 2 amide bonds. The minimum absolute atomic E-state index is 0.104. The van der Waals surface area contributed by atoms with Gasteiger partial charge >= 0.3 is 0 Å². The predicted octanol–water partition coefficient (Wildman–Crippen LogP) is 5.88. The summed E-state index contributed by atoms with van der Waals surface area (Å²) in [6.45, 7) is 2.27. The van der Waals surface area contributed by atoms with Crippen molar-refractivity contribution in [1.82, 2.24) is 20.4 Å². The molecule has 0 bridgehead atoms. The third-order valence-electron chi connectivity index (χ3n) is 7.53. The number of piperidine rings is 1. The van der Waals surface area contributed by atoms with Crippen LogP contribution in [0.5, 0.6) is 11.5 Å². The monoisotopic (exact) mass is 637 g/mol. The summed E-state index contributed by atoms with van der Waals surface area (Å²) in [6, 6.07) is 17.8. The molecule has 12 heteroatoms. The molecule has 3 aromatic carbocycles. The minimum Gasteiger partial charge on any atom is -0.493 e. The molecule has 0 unspecified atom stereocenters. The Bertz CT molecular complexity index is 1620. The van der Waals surface area contributed by atoms with Gasteiger partial charge < -0.3 is 24.6 Å². The number of nitrogens with zero attached hydrogens (tertiary/aromatic N) is 3. The first-order chi connectivity index (χ1) is 21.3. The topological polar surface area (TPSA) is 119 Å². The number of methoxy groups -OCH3 is 2. The van der Waals surface area contributed by atoms with Gasteiger partial charge in [-0.1, -0.05) is 46.6 Å². The van der Waals surface area contributed by atoms with Gasteiger partial charge in [-0.05, 0) is 80.4 Å². The largest absolute Gasteiger partial charge is 0.493 e. The Balaban J connectivity index is 1.11. The molecule has 1 aliphatic heterocycles. The molecule has 44 heavy (non-hydrogen) atoms. The van der Waals surface area contributed by atoms with E-state index in [2.05, 4.69) is 25.7 Å². The van der Waals surface area contributed by atoms with Gasteiger partial charge in [-0.25, -0.2) is 0 Å². The van der Waals surface area contributed by atoms with Crippen LogP contribution in [0.3, 0.4) is 0 Å². The Labute approximate surface area is 265 Å². The van der Waals surface area contributed by atoms with Crippen molar-refractivity contribution in [2.24, 2.45) is 5.92 Å². The van der Waals surface area contributed by atoms with Gasteiger partial charge in [0, 0.05) is 23.0 Å². The lowest BCUT2D eigenvalue weighted by Crippen LogP contribution is -2.38. The zero-order valence-electron chi connectivity index (χ0n) is 24.4. The fourth-order valence-electron chi connectivity index (χ4n) is 5.12. The highest BCUT2D eigenvalue weighted by atomic mass is 35.5. The fraction of sp³-hybridized carbons (Fsp3) is 0.312. The van der Waals surface area contributed by atoms with Crippen LogP contribution in [0.2, 0.25) is 10.0 Å². The molecule has 1 fully saturated rings. The Morgan fingerprint density at radius 1 is 1.00 bits per heavy atom. The van der Waals surface area contributed by atoms with Crippen LogP contribution in [0.15, 0.2) is 65.2 Å². The van der Waals surface area contributed by atoms with Crippen LogP contribution < -0.4 is 20.1 Å². The number of halogens is 2. The molecule has 0 saturated carbocycles. The predicted molar refractivity (Wildman–Crippen MR) is 168 cm³/mol. The van der Waals surface area contributed by atoms with E-state index in [0.29, 0.717) is 95.5 Å². The van der Waals surface area contributed by atoms with Crippen LogP contribution in [0.1, 0.15) is 34.7 Å². The second-order valence-corrected chi connectivity index (χ2v) is 11.3. The standard InChI is InChI=1S/C32H33Cl2N5O5/c1-42-27-10-7-20(17-28(27)43-2)11-14-35-32(41)24-5-3-4-6-26(24)36-31(40)21-12-15-39(16-13-21)19-29-37-30(38-44-29)23-9-8-22(33)18-25(23)34/h3-10,17-18,21H,11-16,19H2,1-2H3,(H,35,41)(H,36,40). The van der Waals surface area contributed by atoms with E-state index < -0.39 is 0 Å². The molecule has 0 radical (unpaired) electrons. The quantitative estimate of drug-likeness (QED) is 0.209. The molecule has 5 rings (SSSR count). The smallest absolute Gasteiger partial charge is 0.253 e. The number of anilines is 1. The molecule has 1 aliphatic rings. The number of hydrogen-bond donors (Lipinski definition) is 2. The summed E-state index contributed by atoms with van der Waals surface area (Å²) in [5.74, 6) is 1.62. The van der Waals surface area contributed by atoms with Crippen molar-refractivity contribution >= 4 is 40.7 Å². The summed E-state index contributed by atoms with van der Waals surface area (Å²) >= 11 is 12.3. The highest BCUT2D eigenvalue weighted by Gasteiger charge is 2.27. The molecule has 230 valence electrons. The van der Waals surface area contributed by atoms with E-state index >= 15 is 0 Å². The number of ether oxygens (including phenoxy) is 2. The van der Waals surface area contributed by atoms with Gasteiger partial charge in [-0.3, -0.25) is 14.5 Å². The Morgan fingerprint density at radius 2 is 1.77 bits per heavy atom. The molecule has 1 saturated heterocycles. The number of carbonyl (C=O) groups excluding carboxylic acids is 2. The molecular formula is C32H33Cl2N5O5. The minimum atomic E-state index is -0.255. The second-order valence-electron chi connectivity index (χ2n) is 10.4. The number of hydrogen-bond acceptors (Lipinski definition) is 8. The first kappa shape index (κ1) is 31.3. The maximum Gasteiger partial charge on any atom is 0.253 e. The SMILES string of the molecule is COc1ccc(CCNC(=O)c2ccccc2NC(=O)C2CCN(Cc3nc(-c4ccc(Cl)cc4Cl)no3)CC2)cc1OC. The number of aromatic nitrogens is 2. The van der Waals surface area contributed by atoms with Crippen LogP contribution in [-0.2, 0) is 17.8 Å². The van der Waals surface area contributed by atoms with Gasteiger partial charge in [0.2, 0.25) is 17.6 Å². The van der Waals surface area contributed by atoms with E-state index in [1.807, 2.05) is 18.2 Å². The molecule has 1 aromatic heterocycles. The van der Waals surface area contributed by atoms with Crippen LogP contribution >= 0.6 is 23.2 Å². The van der Waals surface area contributed by atoms with Crippen molar-refractivity contribution in [3.63, 3.8) is 0 Å². The lowest BCUT2D eigenvalue weighted by atomic mass is 9.95. The number of carbonyl (C=O) groups is 2. The van der Waals surface area contributed by atoms with Crippen molar-refractivity contribution < 1.29 is 23.6 Å². The van der Waals surface area contributed by atoms with Crippen molar-refractivity contribution in [2.75, 3.05) is 39.2 Å². The molecule has 0 spiro atoms. The molecule has 0 aliphatic carbocycles. The number of likely N-dealkylation sites (tertiary alicyclic amines) is 1. The second kappa shape index (κ2) is 14.6. The average Bonchev–Trinajstić information content (AvgIpc) is 3.49. The fourth-order valence-corrected chi connectivity index (χ4v) is 5.61. The maximum absolute atomic E-state index is 13.2. The number of benzene rings is 3. The number of amides is 2. The van der Waals surface area contributed by atoms with Crippen LogP contribution in [0, 0.1) is 5.92 Å². The third kappa shape index (κ3) is 7.68. The van der Waals surface area contributed by atoms with Gasteiger partial charge in [0.25, 0.3) is 5.91 Å². The van der Waals surface area contributed by atoms with E-state index in [1.54, 1.807) is 56.7 Å². The zero-order chi connectivity index (χ0) is 31.1. The van der Waals surface area contributed by atoms with Gasteiger partial charge in [-0.2, -0.15) is 4.98 Å². The highest BCUT2D eigenvalue weighted by molar-refractivity contribution is 6.36. The van der Waals surface area contributed by atoms with Gasteiger partial charge in [-0.15, -0.1) is 0 Å². The van der Waals surface area contributed by atoms with Crippen molar-refractivity contribution in [3.05, 3.63) is 87.7 Å².